The van der Waals surface area contributed by atoms with E-state index in [4.69, 9.17) is 0 Å². The number of nitrogens with one attached hydrogen (secondary N) is 2. The summed E-state index contributed by atoms with van der Waals surface area (Å²) >= 11 is 0. The lowest BCUT2D eigenvalue weighted by Gasteiger charge is -2.32. The molecule has 0 radical (unpaired) electrons. The van der Waals surface area contributed by atoms with Crippen molar-refractivity contribution in [3.05, 3.63) is 35.4 Å². The predicted molar refractivity (Wildman–Crippen MR) is 108 cm³/mol. The zero-order chi connectivity index (χ0) is 22.9. The highest BCUT2D eigenvalue weighted by molar-refractivity contribution is 5.79. The quantitative estimate of drug-likeness (QED) is 0.311. The van der Waals surface area contributed by atoms with E-state index in [0.29, 0.717) is 31.5 Å². The Bertz CT molecular complexity index is 784. The van der Waals surface area contributed by atoms with Gasteiger partial charge in [0, 0.05) is 19.2 Å². The number of benzene rings is 1. The van der Waals surface area contributed by atoms with E-state index in [1.165, 1.54) is 17.0 Å². The van der Waals surface area contributed by atoms with Crippen molar-refractivity contribution in [1.82, 2.24) is 15.5 Å². The van der Waals surface area contributed by atoms with Crippen LogP contribution in [0.1, 0.15) is 30.4 Å². The predicted octanol–water partition coefficient (Wildman–Crippen LogP) is 3.89. The largest absolute Gasteiger partial charge is 0.416 e. The fourth-order valence-corrected chi connectivity index (χ4v) is 3.35. The van der Waals surface area contributed by atoms with Crippen molar-refractivity contribution in [2.75, 3.05) is 39.8 Å². The molecule has 1 aliphatic rings. The molecule has 1 aromatic rings. The Morgan fingerprint density at radius 3 is 2.45 bits per heavy atom. The molecule has 0 aromatic heterocycles. The van der Waals surface area contributed by atoms with E-state index in [0.717, 1.165) is 31.4 Å². The molecule has 0 bridgehead atoms. The summed E-state index contributed by atoms with van der Waals surface area (Å²) in [5.74, 6) is 6.31. The van der Waals surface area contributed by atoms with E-state index in [-0.39, 0.29) is 12.1 Å². The normalized spacial score (nSPS) is 16.5. The number of alkyl halides is 6. The molecular formula is C21H26F6N4. The Hall–Kier alpha value is -2.41. The fraction of sp³-hybridized carbons (Fsp3) is 0.571. The van der Waals surface area contributed by atoms with Crippen molar-refractivity contribution in [2.45, 2.75) is 31.6 Å². The molecule has 4 nitrogen and oxygen atoms in total. The average molecular weight is 448 g/mol. The standard InChI is InChI=1S/C21H26F6N4/c1-28-19(29-10-3-5-17-4-2-6-18(14-17)21(25,26)27)30-11-7-16-8-12-31(13-9-16)15-20(22,23)24/h2,4,6,14,16H,7-13,15H2,1H3,(H2,28,29,30). The van der Waals surface area contributed by atoms with Gasteiger partial charge in [0.15, 0.2) is 5.96 Å². The van der Waals surface area contributed by atoms with Crippen molar-refractivity contribution in [2.24, 2.45) is 10.9 Å². The number of aliphatic imine (C=N–C) groups is 1. The molecule has 31 heavy (non-hydrogen) atoms. The molecule has 0 saturated carbocycles. The molecule has 0 amide bonds. The molecule has 10 heteroatoms. The number of hydrogen-bond donors (Lipinski definition) is 2. The summed E-state index contributed by atoms with van der Waals surface area (Å²) in [6.07, 6.45) is -6.29. The van der Waals surface area contributed by atoms with Gasteiger partial charge in [0.1, 0.15) is 0 Å². The van der Waals surface area contributed by atoms with Crippen LogP contribution in [-0.4, -0.2) is 56.8 Å². The second-order valence-corrected chi connectivity index (χ2v) is 7.36. The van der Waals surface area contributed by atoms with Gasteiger partial charge in [-0.1, -0.05) is 17.9 Å². The molecule has 2 N–H and O–H groups in total. The van der Waals surface area contributed by atoms with Gasteiger partial charge in [-0.2, -0.15) is 26.3 Å². The number of guanidine groups is 1. The van der Waals surface area contributed by atoms with Crippen LogP contribution in [0.3, 0.4) is 0 Å². The van der Waals surface area contributed by atoms with E-state index in [9.17, 15) is 26.3 Å². The van der Waals surface area contributed by atoms with Crippen LogP contribution in [-0.2, 0) is 6.18 Å². The third-order valence-electron chi connectivity index (χ3n) is 4.95. The van der Waals surface area contributed by atoms with Gasteiger partial charge in [-0.15, -0.1) is 0 Å². The minimum Gasteiger partial charge on any atom is -0.356 e. The maximum atomic E-state index is 12.7. The molecule has 0 aliphatic carbocycles. The van der Waals surface area contributed by atoms with Crippen molar-refractivity contribution in [3.63, 3.8) is 0 Å². The number of likely N-dealkylation sites (tertiary alicyclic amines) is 1. The molecule has 0 spiro atoms. The number of rotatable bonds is 5. The van der Waals surface area contributed by atoms with Gasteiger partial charge in [0.2, 0.25) is 0 Å². The van der Waals surface area contributed by atoms with Crippen LogP contribution < -0.4 is 10.6 Å². The molecule has 2 rings (SSSR count). The van der Waals surface area contributed by atoms with Gasteiger partial charge in [-0.3, -0.25) is 9.89 Å². The Labute approximate surface area is 178 Å². The van der Waals surface area contributed by atoms with Gasteiger partial charge < -0.3 is 10.6 Å². The number of hydrogen-bond acceptors (Lipinski definition) is 2. The first-order valence-corrected chi connectivity index (χ1v) is 9.96. The third-order valence-corrected chi connectivity index (χ3v) is 4.95. The van der Waals surface area contributed by atoms with Crippen molar-refractivity contribution >= 4 is 5.96 Å². The maximum absolute atomic E-state index is 12.7. The number of halogens is 6. The summed E-state index contributed by atoms with van der Waals surface area (Å²) in [5.41, 5.74) is -0.467. The van der Waals surface area contributed by atoms with E-state index >= 15 is 0 Å². The van der Waals surface area contributed by atoms with Crippen molar-refractivity contribution < 1.29 is 26.3 Å². The highest BCUT2D eigenvalue weighted by Gasteiger charge is 2.32. The summed E-state index contributed by atoms with van der Waals surface area (Å²) in [5, 5.41) is 6.09. The average Bonchev–Trinajstić information content (AvgIpc) is 2.69. The van der Waals surface area contributed by atoms with E-state index in [1.54, 1.807) is 7.05 Å². The maximum Gasteiger partial charge on any atom is 0.416 e. The Morgan fingerprint density at radius 1 is 1.13 bits per heavy atom. The van der Waals surface area contributed by atoms with Crippen LogP contribution in [0.4, 0.5) is 26.3 Å². The van der Waals surface area contributed by atoms with Gasteiger partial charge in [0.05, 0.1) is 18.7 Å². The van der Waals surface area contributed by atoms with Crippen LogP contribution in [0.25, 0.3) is 0 Å². The fourth-order valence-electron chi connectivity index (χ4n) is 3.35. The zero-order valence-corrected chi connectivity index (χ0v) is 17.2. The number of piperidine rings is 1. The van der Waals surface area contributed by atoms with Gasteiger partial charge in [-0.25, -0.2) is 0 Å². The lowest BCUT2D eigenvalue weighted by molar-refractivity contribution is -0.148. The first-order valence-electron chi connectivity index (χ1n) is 9.96. The summed E-state index contributed by atoms with van der Waals surface area (Å²) < 4.78 is 75.4. The zero-order valence-electron chi connectivity index (χ0n) is 17.2. The SMILES string of the molecule is CN=C(NCC#Cc1cccc(C(F)(F)F)c1)NCCC1CCN(CC(F)(F)F)CC1. The molecule has 172 valence electrons. The van der Waals surface area contributed by atoms with Crippen LogP contribution in [0.2, 0.25) is 0 Å². The topological polar surface area (TPSA) is 39.7 Å². The van der Waals surface area contributed by atoms with E-state index in [2.05, 4.69) is 27.5 Å². The van der Waals surface area contributed by atoms with E-state index < -0.39 is 24.5 Å². The van der Waals surface area contributed by atoms with Gasteiger partial charge >= 0.3 is 12.4 Å². The highest BCUT2D eigenvalue weighted by Crippen LogP contribution is 2.29. The molecule has 0 unspecified atom stereocenters. The molecule has 1 aliphatic heterocycles. The minimum absolute atomic E-state index is 0.200. The second-order valence-electron chi connectivity index (χ2n) is 7.36. The first-order chi connectivity index (χ1) is 14.6. The van der Waals surface area contributed by atoms with E-state index in [1.807, 2.05) is 0 Å². The molecule has 1 fully saturated rings. The highest BCUT2D eigenvalue weighted by atomic mass is 19.4. The first kappa shape index (κ1) is 24.9. The Morgan fingerprint density at radius 2 is 1.84 bits per heavy atom. The molecule has 1 aromatic carbocycles. The van der Waals surface area contributed by atoms with Crippen LogP contribution >= 0.6 is 0 Å². The lowest BCUT2D eigenvalue weighted by atomic mass is 9.93. The Balaban J connectivity index is 1.69. The lowest BCUT2D eigenvalue weighted by Crippen LogP contribution is -2.41. The monoisotopic (exact) mass is 448 g/mol. The molecular weight excluding hydrogens is 422 g/mol. The summed E-state index contributed by atoms with van der Waals surface area (Å²) in [7, 11) is 1.59. The van der Waals surface area contributed by atoms with Gasteiger partial charge in [0.25, 0.3) is 0 Å². The molecule has 1 heterocycles. The second kappa shape index (κ2) is 11.3. The van der Waals surface area contributed by atoms with Crippen LogP contribution in [0, 0.1) is 17.8 Å². The van der Waals surface area contributed by atoms with Crippen LogP contribution in [0.15, 0.2) is 29.3 Å². The Kier molecular flexibility index (Phi) is 9.04. The third kappa shape index (κ3) is 9.51. The summed E-state index contributed by atoms with van der Waals surface area (Å²) in [6, 6.07) is 4.82. The van der Waals surface area contributed by atoms with Crippen molar-refractivity contribution in [1.29, 1.82) is 0 Å². The van der Waals surface area contributed by atoms with Gasteiger partial charge in [-0.05, 0) is 56.5 Å². The van der Waals surface area contributed by atoms with Crippen LogP contribution in [0.5, 0.6) is 0 Å². The summed E-state index contributed by atoms with van der Waals surface area (Å²) in [6.45, 7) is 0.858. The minimum atomic E-state index is -4.41. The molecule has 1 saturated heterocycles. The number of nitrogens with zero attached hydrogens (tertiary/aromatic N) is 2. The smallest absolute Gasteiger partial charge is 0.356 e. The summed E-state index contributed by atoms with van der Waals surface area (Å²) in [4.78, 5) is 5.50. The molecule has 0 atom stereocenters. The van der Waals surface area contributed by atoms with Crippen molar-refractivity contribution in [3.8, 4) is 11.8 Å².